The van der Waals surface area contributed by atoms with E-state index in [1.807, 2.05) is 0 Å². The first-order chi connectivity index (χ1) is 11.8. The van der Waals surface area contributed by atoms with E-state index in [1.165, 1.54) is 10.8 Å². The van der Waals surface area contributed by atoms with Crippen molar-refractivity contribution in [3.63, 3.8) is 0 Å². The number of hydrogen-bond donors (Lipinski definition) is 1. The molecule has 3 nitrogen and oxygen atoms in total. The number of rotatable bonds is 2. The summed E-state index contributed by atoms with van der Waals surface area (Å²) in [5, 5.41) is 4.68. The van der Waals surface area contributed by atoms with Crippen LogP contribution in [-0.4, -0.2) is 18.3 Å². The van der Waals surface area contributed by atoms with Crippen LogP contribution in [0, 0.1) is 0 Å². The molecule has 0 radical (unpaired) electrons. The SMILES string of the molecule is CC1(C)OB([C@@H](N)c2c3ccccc3cc3ccccc23)OC1(C)C. The van der Waals surface area contributed by atoms with E-state index in [2.05, 4.69) is 82.3 Å². The molecule has 1 heterocycles. The summed E-state index contributed by atoms with van der Waals surface area (Å²) in [5.74, 6) is -0.364. The highest BCUT2D eigenvalue weighted by Crippen LogP contribution is 2.42. The van der Waals surface area contributed by atoms with Gasteiger partial charge in [0.25, 0.3) is 0 Å². The number of benzene rings is 3. The van der Waals surface area contributed by atoms with Crippen LogP contribution >= 0.6 is 0 Å². The second-order valence-electron chi connectivity index (χ2n) is 7.88. The highest BCUT2D eigenvalue weighted by molar-refractivity contribution is 6.48. The van der Waals surface area contributed by atoms with E-state index in [4.69, 9.17) is 15.0 Å². The molecule has 3 aromatic rings. The Bertz CT molecular complexity index is 881. The fourth-order valence-electron chi connectivity index (χ4n) is 3.58. The van der Waals surface area contributed by atoms with Crippen molar-refractivity contribution in [2.45, 2.75) is 44.8 Å². The van der Waals surface area contributed by atoms with Gasteiger partial charge in [0.2, 0.25) is 0 Å². The Hall–Kier alpha value is -1.88. The Morgan fingerprint density at radius 1 is 0.800 bits per heavy atom. The summed E-state index contributed by atoms with van der Waals surface area (Å²) in [6.07, 6.45) is 0. The third-order valence-electron chi connectivity index (χ3n) is 5.71. The predicted molar refractivity (Wildman–Crippen MR) is 104 cm³/mol. The molecule has 25 heavy (non-hydrogen) atoms. The maximum atomic E-state index is 6.72. The lowest BCUT2D eigenvalue weighted by molar-refractivity contribution is 0.00578. The summed E-state index contributed by atoms with van der Waals surface area (Å²) in [5.41, 5.74) is 7.03. The lowest BCUT2D eigenvalue weighted by Gasteiger charge is -2.32. The quantitative estimate of drug-likeness (QED) is 0.549. The Balaban J connectivity index is 1.90. The van der Waals surface area contributed by atoms with E-state index in [9.17, 15) is 0 Å². The maximum Gasteiger partial charge on any atom is 0.480 e. The summed E-state index contributed by atoms with van der Waals surface area (Å²) < 4.78 is 12.5. The summed E-state index contributed by atoms with van der Waals surface area (Å²) >= 11 is 0. The van der Waals surface area contributed by atoms with Crippen molar-refractivity contribution >= 4 is 28.7 Å². The first-order valence-corrected chi connectivity index (χ1v) is 8.82. The number of nitrogens with two attached hydrogens (primary N) is 1. The average molecular weight is 333 g/mol. The molecule has 2 N–H and O–H groups in total. The van der Waals surface area contributed by atoms with Crippen LogP contribution in [0.1, 0.15) is 39.2 Å². The van der Waals surface area contributed by atoms with Gasteiger partial charge in [0.05, 0.1) is 17.1 Å². The first-order valence-electron chi connectivity index (χ1n) is 8.82. The summed E-state index contributed by atoms with van der Waals surface area (Å²) in [4.78, 5) is 0. The van der Waals surface area contributed by atoms with Gasteiger partial charge in [-0.05, 0) is 60.9 Å². The molecule has 0 aliphatic carbocycles. The molecule has 4 rings (SSSR count). The molecule has 1 aliphatic rings. The van der Waals surface area contributed by atoms with Crippen molar-refractivity contribution in [1.29, 1.82) is 0 Å². The minimum atomic E-state index is -0.473. The van der Waals surface area contributed by atoms with Crippen molar-refractivity contribution in [3.05, 3.63) is 60.2 Å². The molecule has 0 unspecified atom stereocenters. The van der Waals surface area contributed by atoms with Crippen LogP contribution in [0.25, 0.3) is 21.5 Å². The molecule has 4 heteroatoms. The van der Waals surface area contributed by atoms with Crippen LogP contribution in [0.15, 0.2) is 54.6 Å². The van der Waals surface area contributed by atoms with Gasteiger partial charge in [0.1, 0.15) is 0 Å². The molecule has 1 atom stereocenters. The molecular weight excluding hydrogens is 309 g/mol. The van der Waals surface area contributed by atoms with E-state index in [0.717, 1.165) is 16.3 Å². The van der Waals surface area contributed by atoms with Gasteiger partial charge in [-0.2, -0.15) is 0 Å². The van der Waals surface area contributed by atoms with E-state index < -0.39 is 18.3 Å². The maximum absolute atomic E-state index is 6.72. The minimum absolute atomic E-state index is 0.364. The molecule has 3 aromatic carbocycles. The highest BCUT2D eigenvalue weighted by atomic mass is 16.7. The molecule has 0 spiro atoms. The van der Waals surface area contributed by atoms with Crippen LogP contribution in [0.4, 0.5) is 0 Å². The average Bonchev–Trinajstić information content (AvgIpc) is 2.80. The molecule has 128 valence electrons. The van der Waals surface area contributed by atoms with Gasteiger partial charge in [0, 0.05) is 0 Å². The smallest absolute Gasteiger partial charge is 0.402 e. The molecule has 1 fully saturated rings. The van der Waals surface area contributed by atoms with Gasteiger partial charge in [-0.3, -0.25) is 0 Å². The van der Waals surface area contributed by atoms with Gasteiger partial charge in [0.15, 0.2) is 0 Å². The van der Waals surface area contributed by atoms with Crippen molar-refractivity contribution < 1.29 is 9.31 Å². The van der Waals surface area contributed by atoms with Crippen LogP contribution in [0.2, 0.25) is 0 Å². The Morgan fingerprint density at radius 2 is 1.24 bits per heavy atom. The molecule has 0 bridgehead atoms. The van der Waals surface area contributed by atoms with E-state index in [-0.39, 0.29) is 5.94 Å². The van der Waals surface area contributed by atoms with Crippen LogP contribution < -0.4 is 5.73 Å². The van der Waals surface area contributed by atoms with Gasteiger partial charge < -0.3 is 15.0 Å². The second-order valence-corrected chi connectivity index (χ2v) is 7.88. The Labute approximate surface area is 149 Å². The van der Waals surface area contributed by atoms with Gasteiger partial charge in [-0.15, -0.1) is 0 Å². The molecule has 1 saturated heterocycles. The normalized spacial score (nSPS) is 20.3. The Morgan fingerprint density at radius 3 is 1.72 bits per heavy atom. The van der Waals surface area contributed by atoms with E-state index in [0.29, 0.717) is 0 Å². The largest absolute Gasteiger partial charge is 0.480 e. The number of hydrogen-bond acceptors (Lipinski definition) is 3. The monoisotopic (exact) mass is 333 g/mol. The Kier molecular flexibility index (Phi) is 3.69. The minimum Gasteiger partial charge on any atom is -0.402 e. The van der Waals surface area contributed by atoms with Crippen LogP contribution in [0.5, 0.6) is 0 Å². The van der Waals surface area contributed by atoms with Crippen molar-refractivity contribution in [3.8, 4) is 0 Å². The lowest BCUT2D eigenvalue weighted by Crippen LogP contribution is -2.41. The van der Waals surface area contributed by atoms with Gasteiger partial charge >= 0.3 is 7.12 Å². The number of fused-ring (bicyclic) bond motifs is 2. The standard InChI is InChI=1S/C21H24BNO2/c1-20(2)21(3,4)25-22(24-20)19(23)18-16-11-7-5-9-14(16)13-15-10-6-8-12-17(15)18/h5-13,19H,23H2,1-4H3/t19-/m0/s1. The summed E-state index contributed by atoms with van der Waals surface area (Å²) in [6.45, 7) is 8.23. The summed E-state index contributed by atoms with van der Waals surface area (Å²) in [7, 11) is -0.473. The van der Waals surface area contributed by atoms with Crippen molar-refractivity contribution in [2.24, 2.45) is 5.73 Å². The van der Waals surface area contributed by atoms with Crippen LogP contribution in [0.3, 0.4) is 0 Å². The lowest BCUT2D eigenvalue weighted by atomic mass is 9.72. The first kappa shape index (κ1) is 16.6. The highest BCUT2D eigenvalue weighted by Gasteiger charge is 2.53. The van der Waals surface area contributed by atoms with Crippen molar-refractivity contribution in [2.75, 3.05) is 0 Å². The molecule has 1 aliphatic heterocycles. The molecule has 0 aromatic heterocycles. The van der Waals surface area contributed by atoms with Crippen molar-refractivity contribution in [1.82, 2.24) is 0 Å². The van der Waals surface area contributed by atoms with Gasteiger partial charge in [-0.1, -0.05) is 48.5 Å². The zero-order valence-electron chi connectivity index (χ0n) is 15.2. The molecule has 0 amide bonds. The second kappa shape index (κ2) is 5.56. The van der Waals surface area contributed by atoms with E-state index >= 15 is 0 Å². The third-order valence-corrected chi connectivity index (χ3v) is 5.71. The fourth-order valence-corrected chi connectivity index (χ4v) is 3.58. The zero-order valence-corrected chi connectivity index (χ0v) is 15.2. The predicted octanol–water partition coefficient (Wildman–Crippen LogP) is 4.62. The third kappa shape index (κ3) is 2.56. The van der Waals surface area contributed by atoms with Crippen LogP contribution in [-0.2, 0) is 9.31 Å². The zero-order chi connectivity index (χ0) is 17.8. The summed E-state index contributed by atoms with van der Waals surface area (Å²) in [6, 6.07) is 18.9. The topological polar surface area (TPSA) is 44.5 Å². The van der Waals surface area contributed by atoms with E-state index in [1.54, 1.807) is 0 Å². The fraction of sp³-hybridized carbons (Fsp3) is 0.333. The van der Waals surface area contributed by atoms with Gasteiger partial charge in [-0.25, -0.2) is 0 Å². The molecule has 0 saturated carbocycles. The molecular formula is C21H24BNO2.